The molecule has 0 radical (unpaired) electrons. The predicted molar refractivity (Wildman–Crippen MR) is 76.6 cm³/mol. The van der Waals surface area contributed by atoms with Gasteiger partial charge >= 0.3 is 0 Å². The fourth-order valence-electron chi connectivity index (χ4n) is 2.26. The Kier molecular flexibility index (Phi) is 3.31. The number of aromatic nitrogens is 3. The first kappa shape index (κ1) is 12.6. The van der Waals surface area contributed by atoms with Crippen molar-refractivity contribution in [2.24, 2.45) is 0 Å². The van der Waals surface area contributed by atoms with Crippen LogP contribution in [0.3, 0.4) is 0 Å². The maximum Gasteiger partial charge on any atom is 0.121 e. The van der Waals surface area contributed by atoms with Gasteiger partial charge in [-0.15, -0.1) is 0 Å². The lowest BCUT2D eigenvalue weighted by Crippen LogP contribution is -2.09. The molecular weight excluding hydrogens is 250 g/mol. The van der Waals surface area contributed by atoms with E-state index in [1.165, 1.54) is 0 Å². The van der Waals surface area contributed by atoms with Crippen molar-refractivity contribution in [2.75, 3.05) is 0 Å². The maximum atomic E-state index is 10.6. The molecule has 4 nitrogen and oxygen atoms in total. The van der Waals surface area contributed by atoms with Gasteiger partial charge in [-0.3, -0.25) is 4.98 Å². The number of rotatable bonds is 3. The van der Waals surface area contributed by atoms with Crippen LogP contribution >= 0.6 is 0 Å². The molecule has 100 valence electrons. The van der Waals surface area contributed by atoms with Gasteiger partial charge in [0.25, 0.3) is 0 Å². The molecule has 1 aromatic carbocycles. The summed E-state index contributed by atoms with van der Waals surface area (Å²) >= 11 is 0. The first-order chi connectivity index (χ1) is 9.77. The van der Waals surface area contributed by atoms with Crippen LogP contribution in [0.2, 0.25) is 0 Å². The van der Waals surface area contributed by atoms with Gasteiger partial charge in [-0.05, 0) is 42.3 Å². The number of hydrogen-bond acceptors (Lipinski definition) is 3. The summed E-state index contributed by atoms with van der Waals surface area (Å²) in [5.74, 6) is 0. The Balaban J connectivity index is 2.04. The number of hydrogen-bond donors (Lipinski definition) is 1. The zero-order valence-corrected chi connectivity index (χ0v) is 11.1. The van der Waals surface area contributed by atoms with Crippen molar-refractivity contribution in [3.63, 3.8) is 0 Å². The van der Waals surface area contributed by atoms with Crippen molar-refractivity contribution >= 4 is 0 Å². The standard InChI is InChI=1S/C16H15N3O/c1-12-11-17-9-7-14(12)16(20)15-8-10-18-19(15)13-5-3-2-4-6-13/h2-11,16,20H,1H3. The molecule has 2 heterocycles. The lowest BCUT2D eigenvalue weighted by Gasteiger charge is -2.15. The average Bonchev–Trinajstić information content (AvgIpc) is 2.97. The highest BCUT2D eigenvalue weighted by molar-refractivity contribution is 5.36. The van der Waals surface area contributed by atoms with Gasteiger partial charge in [0, 0.05) is 18.6 Å². The number of nitrogens with zero attached hydrogens (tertiary/aromatic N) is 3. The van der Waals surface area contributed by atoms with Crippen LogP contribution in [0.15, 0.2) is 61.1 Å². The molecule has 0 aliphatic carbocycles. The van der Waals surface area contributed by atoms with Gasteiger partial charge in [-0.1, -0.05) is 18.2 Å². The molecule has 0 bridgehead atoms. The highest BCUT2D eigenvalue weighted by Crippen LogP contribution is 2.25. The molecule has 2 aromatic heterocycles. The summed E-state index contributed by atoms with van der Waals surface area (Å²) < 4.78 is 1.75. The molecule has 0 aliphatic rings. The summed E-state index contributed by atoms with van der Waals surface area (Å²) in [6, 6.07) is 13.4. The van der Waals surface area contributed by atoms with E-state index in [0.717, 1.165) is 22.5 Å². The molecule has 0 spiro atoms. The van der Waals surface area contributed by atoms with Gasteiger partial charge in [0.05, 0.1) is 11.4 Å². The van der Waals surface area contributed by atoms with Crippen LogP contribution in [0.25, 0.3) is 5.69 Å². The van der Waals surface area contributed by atoms with Crippen molar-refractivity contribution < 1.29 is 5.11 Å². The minimum absolute atomic E-state index is 0.722. The summed E-state index contributed by atoms with van der Waals surface area (Å²) in [5, 5.41) is 14.9. The van der Waals surface area contributed by atoms with Crippen LogP contribution < -0.4 is 0 Å². The van der Waals surface area contributed by atoms with Gasteiger partial charge in [-0.25, -0.2) is 4.68 Å². The SMILES string of the molecule is Cc1cnccc1C(O)c1ccnn1-c1ccccc1. The number of aliphatic hydroxyl groups excluding tert-OH is 1. The first-order valence-corrected chi connectivity index (χ1v) is 6.45. The van der Waals surface area contributed by atoms with Crippen molar-refractivity contribution in [3.05, 3.63) is 77.9 Å². The average molecular weight is 265 g/mol. The third kappa shape index (κ3) is 2.21. The third-order valence-corrected chi connectivity index (χ3v) is 3.31. The smallest absolute Gasteiger partial charge is 0.121 e. The molecule has 0 fully saturated rings. The molecule has 4 heteroatoms. The Morgan fingerprint density at radius 2 is 1.85 bits per heavy atom. The van der Waals surface area contributed by atoms with E-state index in [1.807, 2.05) is 49.4 Å². The zero-order valence-electron chi connectivity index (χ0n) is 11.1. The van der Waals surface area contributed by atoms with Gasteiger partial charge < -0.3 is 5.11 Å². The van der Waals surface area contributed by atoms with Gasteiger partial charge in [0.1, 0.15) is 6.10 Å². The summed E-state index contributed by atoms with van der Waals surface area (Å²) in [6.45, 7) is 1.94. The summed E-state index contributed by atoms with van der Waals surface area (Å²) in [4.78, 5) is 4.06. The fourth-order valence-corrected chi connectivity index (χ4v) is 2.26. The molecule has 0 amide bonds. The maximum absolute atomic E-state index is 10.6. The second-order valence-electron chi connectivity index (χ2n) is 4.64. The second-order valence-corrected chi connectivity index (χ2v) is 4.64. The Morgan fingerprint density at radius 3 is 2.60 bits per heavy atom. The van der Waals surface area contributed by atoms with Crippen LogP contribution in [-0.4, -0.2) is 19.9 Å². The lowest BCUT2D eigenvalue weighted by atomic mass is 10.0. The molecule has 20 heavy (non-hydrogen) atoms. The van der Waals surface area contributed by atoms with E-state index in [2.05, 4.69) is 10.1 Å². The first-order valence-electron chi connectivity index (χ1n) is 6.45. The largest absolute Gasteiger partial charge is 0.382 e. The molecule has 1 N–H and O–H groups in total. The van der Waals surface area contributed by atoms with E-state index in [4.69, 9.17) is 0 Å². The molecule has 1 unspecified atom stereocenters. The highest BCUT2D eigenvalue weighted by atomic mass is 16.3. The van der Waals surface area contributed by atoms with E-state index < -0.39 is 6.10 Å². The molecule has 0 saturated carbocycles. The highest BCUT2D eigenvalue weighted by Gasteiger charge is 2.17. The van der Waals surface area contributed by atoms with Crippen molar-refractivity contribution in [1.82, 2.24) is 14.8 Å². The minimum Gasteiger partial charge on any atom is -0.382 e. The van der Waals surface area contributed by atoms with Crippen LogP contribution in [-0.2, 0) is 0 Å². The Labute approximate surface area is 117 Å². The molecule has 1 atom stereocenters. The van der Waals surface area contributed by atoms with Crippen molar-refractivity contribution in [3.8, 4) is 5.69 Å². The van der Waals surface area contributed by atoms with E-state index in [-0.39, 0.29) is 0 Å². The summed E-state index contributed by atoms with van der Waals surface area (Å²) in [6.07, 6.45) is 4.42. The molecule has 0 saturated heterocycles. The quantitative estimate of drug-likeness (QED) is 0.792. The van der Waals surface area contributed by atoms with Crippen LogP contribution in [0.1, 0.15) is 22.9 Å². The number of aliphatic hydroxyl groups is 1. The van der Waals surface area contributed by atoms with E-state index in [1.54, 1.807) is 23.3 Å². The minimum atomic E-state index is -0.722. The zero-order chi connectivity index (χ0) is 13.9. The summed E-state index contributed by atoms with van der Waals surface area (Å²) in [5.41, 5.74) is 3.47. The lowest BCUT2D eigenvalue weighted by molar-refractivity contribution is 0.211. The van der Waals surface area contributed by atoms with E-state index >= 15 is 0 Å². The molecule has 3 rings (SSSR count). The Morgan fingerprint density at radius 1 is 1.05 bits per heavy atom. The predicted octanol–water partition coefficient (Wildman–Crippen LogP) is 2.66. The van der Waals surface area contributed by atoms with Crippen LogP contribution in [0.4, 0.5) is 0 Å². The number of benzene rings is 1. The monoisotopic (exact) mass is 265 g/mol. The number of aryl methyl sites for hydroxylation is 1. The van der Waals surface area contributed by atoms with Crippen molar-refractivity contribution in [1.29, 1.82) is 0 Å². The fraction of sp³-hybridized carbons (Fsp3) is 0.125. The van der Waals surface area contributed by atoms with Crippen LogP contribution in [0.5, 0.6) is 0 Å². The topological polar surface area (TPSA) is 50.9 Å². The van der Waals surface area contributed by atoms with Crippen LogP contribution in [0, 0.1) is 6.92 Å². The van der Waals surface area contributed by atoms with Gasteiger partial charge in [-0.2, -0.15) is 5.10 Å². The Bertz CT molecular complexity index is 707. The van der Waals surface area contributed by atoms with E-state index in [0.29, 0.717) is 0 Å². The third-order valence-electron chi connectivity index (χ3n) is 3.31. The van der Waals surface area contributed by atoms with Gasteiger partial charge in [0.2, 0.25) is 0 Å². The molecule has 0 aliphatic heterocycles. The van der Waals surface area contributed by atoms with Gasteiger partial charge in [0.15, 0.2) is 0 Å². The second kappa shape index (κ2) is 5.27. The number of pyridine rings is 1. The Hall–Kier alpha value is -2.46. The molecule has 3 aromatic rings. The summed E-state index contributed by atoms with van der Waals surface area (Å²) in [7, 11) is 0. The van der Waals surface area contributed by atoms with E-state index in [9.17, 15) is 5.11 Å². The normalized spacial score (nSPS) is 12.3. The van der Waals surface area contributed by atoms with Crippen molar-refractivity contribution in [2.45, 2.75) is 13.0 Å². The number of para-hydroxylation sites is 1. The molecular formula is C16H15N3O.